The van der Waals surface area contributed by atoms with Crippen molar-refractivity contribution in [2.24, 2.45) is 7.05 Å². The van der Waals surface area contributed by atoms with E-state index in [1.54, 1.807) is 42.1 Å². The molecule has 3 rings (SSSR count). The van der Waals surface area contributed by atoms with E-state index >= 15 is 0 Å². The van der Waals surface area contributed by atoms with E-state index in [1.807, 2.05) is 6.92 Å². The van der Waals surface area contributed by atoms with Crippen LogP contribution in [-0.4, -0.2) is 15.7 Å². The predicted molar refractivity (Wildman–Crippen MR) is 92.7 cm³/mol. The number of carbonyl (C=O) groups is 1. The van der Waals surface area contributed by atoms with Crippen molar-refractivity contribution in [1.82, 2.24) is 9.78 Å². The molecule has 2 aromatic carbocycles. The predicted octanol–water partition coefficient (Wildman–Crippen LogP) is 4.44. The van der Waals surface area contributed by atoms with Gasteiger partial charge in [-0.1, -0.05) is 23.7 Å². The Morgan fingerprint density at radius 1 is 1.21 bits per heavy atom. The maximum Gasteiger partial charge on any atom is 0.259 e. The fourth-order valence-corrected chi connectivity index (χ4v) is 2.53. The van der Waals surface area contributed by atoms with Gasteiger partial charge in [-0.3, -0.25) is 9.48 Å². The van der Waals surface area contributed by atoms with Gasteiger partial charge in [0, 0.05) is 29.0 Å². The number of aromatic nitrogens is 2. The topological polar surface area (TPSA) is 46.9 Å². The van der Waals surface area contributed by atoms with E-state index in [0.717, 1.165) is 11.3 Å². The Balaban J connectivity index is 1.98. The second-order valence-corrected chi connectivity index (χ2v) is 5.85. The largest absolute Gasteiger partial charge is 0.321 e. The van der Waals surface area contributed by atoms with Crippen LogP contribution in [0.2, 0.25) is 5.02 Å². The molecule has 0 unspecified atom stereocenters. The van der Waals surface area contributed by atoms with Crippen LogP contribution in [0, 0.1) is 12.7 Å². The highest BCUT2D eigenvalue weighted by Gasteiger charge is 2.15. The lowest BCUT2D eigenvalue weighted by Gasteiger charge is -2.12. The standard InChI is InChI=1S/C18H15ClFN3O/c1-11-16(10-21-23(11)2)18(24)22-17-8-7-14(20)9-15(17)12-3-5-13(19)6-4-12/h3-10H,1-2H3,(H,22,24). The number of amides is 1. The molecule has 6 heteroatoms. The van der Waals surface area contributed by atoms with E-state index in [4.69, 9.17) is 11.6 Å². The third-order valence-corrected chi connectivity index (χ3v) is 4.12. The molecule has 1 heterocycles. The zero-order valence-electron chi connectivity index (χ0n) is 13.2. The summed E-state index contributed by atoms with van der Waals surface area (Å²) in [6, 6.07) is 11.2. The molecule has 24 heavy (non-hydrogen) atoms. The summed E-state index contributed by atoms with van der Waals surface area (Å²) in [5.41, 5.74) is 3.09. The van der Waals surface area contributed by atoms with Crippen LogP contribution in [0.3, 0.4) is 0 Å². The van der Waals surface area contributed by atoms with Crippen molar-refractivity contribution >= 4 is 23.2 Å². The molecule has 4 nitrogen and oxygen atoms in total. The third-order valence-electron chi connectivity index (χ3n) is 3.86. The minimum atomic E-state index is -0.379. The molecule has 0 atom stereocenters. The number of aryl methyl sites for hydroxylation is 1. The van der Waals surface area contributed by atoms with Crippen molar-refractivity contribution in [3.63, 3.8) is 0 Å². The second-order valence-electron chi connectivity index (χ2n) is 5.42. The summed E-state index contributed by atoms with van der Waals surface area (Å²) in [4.78, 5) is 12.5. The van der Waals surface area contributed by atoms with Gasteiger partial charge in [-0.2, -0.15) is 5.10 Å². The molecule has 0 saturated heterocycles. The van der Waals surface area contributed by atoms with Gasteiger partial charge in [-0.15, -0.1) is 0 Å². The Morgan fingerprint density at radius 3 is 2.54 bits per heavy atom. The molecule has 0 aliphatic carbocycles. The van der Waals surface area contributed by atoms with E-state index < -0.39 is 0 Å². The summed E-state index contributed by atoms with van der Waals surface area (Å²) in [7, 11) is 1.77. The second kappa shape index (κ2) is 6.45. The number of rotatable bonds is 3. The molecule has 0 aliphatic heterocycles. The Kier molecular flexibility index (Phi) is 4.36. The van der Waals surface area contributed by atoms with Gasteiger partial charge in [0.25, 0.3) is 5.91 Å². The number of anilines is 1. The molecular formula is C18H15ClFN3O. The van der Waals surface area contributed by atoms with Crippen LogP contribution in [0.15, 0.2) is 48.7 Å². The minimum Gasteiger partial charge on any atom is -0.321 e. The molecule has 0 saturated carbocycles. The number of halogens is 2. The fourth-order valence-electron chi connectivity index (χ4n) is 2.41. The Labute approximate surface area is 143 Å². The summed E-state index contributed by atoms with van der Waals surface area (Å²) in [5.74, 6) is -0.669. The average Bonchev–Trinajstić information content (AvgIpc) is 2.89. The van der Waals surface area contributed by atoms with Gasteiger partial charge in [0.05, 0.1) is 11.8 Å². The highest BCUT2D eigenvalue weighted by molar-refractivity contribution is 6.30. The molecule has 1 amide bonds. The summed E-state index contributed by atoms with van der Waals surface area (Å²) in [6.07, 6.45) is 1.51. The average molecular weight is 344 g/mol. The summed E-state index contributed by atoms with van der Waals surface area (Å²) < 4.78 is 15.3. The van der Waals surface area contributed by atoms with Crippen LogP contribution in [0.5, 0.6) is 0 Å². The highest BCUT2D eigenvalue weighted by atomic mass is 35.5. The normalized spacial score (nSPS) is 10.7. The zero-order valence-corrected chi connectivity index (χ0v) is 13.9. The van der Waals surface area contributed by atoms with Crippen LogP contribution in [0.25, 0.3) is 11.1 Å². The fraction of sp³-hybridized carbons (Fsp3) is 0.111. The van der Waals surface area contributed by atoms with Gasteiger partial charge in [0.2, 0.25) is 0 Å². The molecule has 3 aromatic rings. The Bertz CT molecular complexity index is 903. The molecule has 1 N–H and O–H groups in total. The first kappa shape index (κ1) is 16.2. The first-order valence-electron chi connectivity index (χ1n) is 7.31. The molecule has 0 spiro atoms. The maximum absolute atomic E-state index is 13.7. The van der Waals surface area contributed by atoms with Crippen LogP contribution >= 0.6 is 11.6 Å². The molecule has 0 radical (unpaired) electrons. The highest BCUT2D eigenvalue weighted by Crippen LogP contribution is 2.30. The SMILES string of the molecule is Cc1c(C(=O)Nc2ccc(F)cc2-c2ccc(Cl)cc2)cnn1C. The van der Waals surface area contributed by atoms with Gasteiger partial charge in [0.1, 0.15) is 5.82 Å². The molecular weight excluding hydrogens is 329 g/mol. The van der Waals surface area contributed by atoms with Crippen molar-refractivity contribution in [3.8, 4) is 11.1 Å². The number of hydrogen-bond acceptors (Lipinski definition) is 2. The Hall–Kier alpha value is -2.66. The van der Waals surface area contributed by atoms with Crippen molar-refractivity contribution in [2.75, 3.05) is 5.32 Å². The van der Waals surface area contributed by atoms with Crippen LogP contribution < -0.4 is 5.32 Å². The van der Waals surface area contributed by atoms with Crippen LogP contribution in [0.4, 0.5) is 10.1 Å². The van der Waals surface area contributed by atoms with E-state index in [-0.39, 0.29) is 11.7 Å². The van der Waals surface area contributed by atoms with Crippen molar-refractivity contribution in [1.29, 1.82) is 0 Å². The molecule has 1 aromatic heterocycles. The zero-order chi connectivity index (χ0) is 17.3. The number of hydrogen-bond donors (Lipinski definition) is 1. The summed E-state index contributed by atoms with van der Waals surface area (Å²) in [6.45, 7) is 1.81. The molecule has 0 aliphatic rings. The third kappa shape index (κ3) is 3.16. The number of benzene rings is 2. The van der Waals surface area contributed by atoms with Gasteiger partial charge in [0.15, 0.2) is 0 Å². The number of nitrogens with one attached hydrogen (secondary N) is 1. The van der Waals surface area contributed by atoms with Crippen LogP contribution in [-0.2, 0) is 7.05 Å². The van der Waals surface area contributed by atoms with Gasteiger partial charge >= 0.3 is 0 Å². The van der Waals surface area contributed by atoms with Crippen molar-refractivity contribution in [2.45, 2.75) is 6.92 Å². The Morgan fingerprint density at radius 2 is 1.92 bits per heavy atom. The van der Waals surface area contributed by atoms with Gasteiger partial charge in [-0.05, 0) is 42.8 Å². The maximum atomic E-state index is 13.7. The first-order valence-corrected chi connectivity index (χ1v) is 7.69. The lowest BCUT2D eigenvalue weighted by molar-refractivity contribution is 0.102. The van der Waals surface area contributed by atoms with Crippen molar-refractivity contribution < 1.29 is 9.18 Å². The molecule has 0 bridgehead atoms. The van der Waals surface area contributed by atoms with Crippen molar-refractivity contribution in [3.05, 3.63) is 70.8 Å². The van der Waals surface area contributed by atoms with Gasteiger partial charge < -0.3 is 5.32 Å². The quantitative estimate of drug-likeness (QED) is 0.764. The van der Waals surface area contributed by atoms with E-state index in [2.05, 4.69) is 10.4 Å². The lowest BCUT2D eigenvalue weighted by atomic mass is 10.0. The lowest BCUT2D eigenvalue weighted by Crippen LogP contribution is -2.13. The number of carbonyl (C=O) groups excluding carboxylic acids is 1. The summed E-state index contributed by atoms with van der Waals surface area (Å²) in [5, 5.41) is 7.48. The van der Waals surface area contributed by atoms with E-state index in [9.17, 15) is 9.18 Å². The first-order chi connectivity index (χ1) is 11.5. The monoisotopic (exact) mass is 343 g/mol. The number of nitrogens with zero attached hydrogens (tertiary/aromatic N) is 2. The minimum absolute atomic E-state index is 0.289. The van der Waals surface area contributed by atoms with E-state index in [0.29, 0.717) is 21.8 Å². The van der Waals surface area contributed by atoms with Crippen LogP contribution in [0.1, 0.15) is 16.1 Å². The van der Waals surface area contributed by atoms with Gasteiger partial charge in [-0.25, -0.2) is 4.39 Å². The molecule has 122 valence electrons. The molecule has 0 fully saturated rings. The smallest absolute Gasteiger partial charge is 0.259 e. The van der Waals surface area contributed by atoms with E-state index in [1.165, 1.54) is 18.3 Å². The summed E-state index contributed by atoms with van der Waals surface area (Å²) >= 11 is 5.90.